The number of hydrogen-bond acceptors (Lipinski definition) is 5. The maximum Gasteiger partial charge on any atom is 0.228 e. The van der Waals surface area contributed by atoms with Crippen LogP contribution >= 0.6 is 0 Å². The summed E-state index contributed by atoms with van der Waals surface area (Å²) in [6.45, 7) is 0. The standard InChI is InChI=1S/C14H12N6O/c21-14(8-11-4-6-15-7-5-11)17-12-2-1-3-13(9-12)20-10-16-18-19-20/h1-7,9-10H,8H2,(H,17,21). The number of anilines is 1. The van der Waals surface area contributed by atoms with Crippen LogP contribution in [0.1, 0.15) is 5.56 Å². The molecule has 0 fully saturated rings. The van der Waals surface area contributed by atoms with E-state index in [1.54, 1.807) is 18.5 Å². The minimum atomic E-state index is -0.0879. The molecule has 104 valence electrons. The Morgan fingerprint density at radius 2 is 2.05 bits per heavy atom. The van der Waals surface area contributed by atoms with Crippen LogP contribution in [0.2, 0.25) is 0 Å². The van der Waals surface area contributed by atoms with Crippen molar-refractivity contribution in [3.8, 4) is 5.69 Å². The van der Waals surface area contributed by atoms with Gasteiger partial charge in [0.05, 0.1) is 12.1 Å². The second-order valence-electron chi connectivity index (χ2n) is 4.39. The van der Waals surface area contributed by atoms with Gasteiger partial charge in [-0.1, -0.05) is 6.07 Å². The number of rotatable bonds is 4. The monoisotopic (exact) mass is 280 g/mol. The molecule has 1 aromatic carbocycles. The zero-order valence-corrected chi connectivity index (χ0v) is 11.0. The predicted molar refractivity (Wildman–Crippen MR) is 75.7 cm³/mol. The average Bonchev–Trinajstić information content (AvgIpc) is 3.02. The van der Waals surface area contributed by atoms with E-state index in [0.29, 0.717) is 12.1 Å². The number of pyridine rings is 1. The lowest BCUT2D eigenvalue weighted by Crippen LogP contribution is -2.14. The third-order valence-electron chi connectivity index (χ3n) is 2.86. The van der Waals surface area contributed by atoms with Gasteiger partial charge in [-0.2, -0.15) is 0 Å². The first-order valence-corrected chi connectivity index (χ1v) is 6.33. The SMILES string of the molecule is O=C(Cc1ccncc1)Nc1cccc(-n2cnnn2)c1. The number of tetrazole rings is 1. The van der Waals surface area contributed by atoms with Gasteiger partial charge < -0.3 is 5.32 Å². The molecule has 0 atom stereocenters. The molecule has 1 N–H and O–H groups in total. The minimum Gasteiger partial charge on any atom is -0.326 e. The van der Waals surface area contributed by atoms with Gasteiger partial charge in [0.1, 0.15) is 6.33 Å². The summed E-state index contributed by atoms with van der Waals surface area (Å²) < 4.78 is 1.53. The second kappa shape index (κ2) is 5.91. The molecule has 0 aliphatic rings. The van der Waals surface area contributed by atoms with Crippen LogP contribution in [0.5, 0.6) is 0 Å². The van der Waals surface area contributed by atoms with Crippen LogP contribution in [0.15, 0.2) is 55.1 Å². The summed E-state index contributed by atoms with van der Waals surface area (Å²) in [7, 11) is 0. The summed E-state index contributed by atoms with van der Waals surface area (Å²) in [6, 6.07) is 10.9. The smallest absolute Gasteiger partial charge is 0.228 e. The van der Waals surface area contributed by atoms with Gasteiger partial charge in [-0.3, -0.25) is 9.78 Å². The van der Waals surface area contributed by atoms with Crippen LogP contribution in [0, 0.1) is 0 Å². The molecule has 7 heteroatoms. The van der Waals surface area contributed by atoms with Crippen molar-refractivity contribution in [3.05, 3.63) is 60.7 Å². The molecule has 0 aliphatic carbocycles. The van der Waals surface area contributed by atoms with Gasteiger partial charge in [0.25, 0.3) is 0 Å². The first-order valence-electron chi connectivity index (χ1n) is 6.33. The van der Waals surface area contributed by atoms with Crippen LogP contribution in [-0.4, -0.2) is 31.1 Å². The van der Waals surface area contributed by atoms with Crippen molar-refractivity contribution in [3.63, 3.8) is 0 Å². The summed E-state index contributed by atoms with van der Waals surface area (Å²) >= 11 is 0. The van der Waals surface area contributed by atoms with Crippen LogP contribution in [0.4, 0.5) is 5.69 Å². The van der Waals surface area contributed by atoms with Gasteiger partial charge >= 0.3 is 0 Å². The Morgan fingerprint density at radius 1 is 1.19 bits per heavy atom. The van der Waals surface area contributed by atoms with Crippen LogP contribution < -0.4 is 5.32 Å². The van der Waals surface area contributed by atoms with Crippen molar-refractivity contribution in [2.75, 3.05) is 5.32 Å². The van der Waals surface area contributed by atoms with E-state index in [9.17, 15) is 4.79 Å². The number of benzene rings is 1. The maximum atomic E-state index is 12.0. The number of aromatic nitrogens is 5. The van der Waals surface area contributed by atoms with E-state index in [2.05, 4.69) is 25.8 Å². The van der Waals surface area contributed by atoms with Crippen LogP contribution in [0.3, 0.4) is 0 Å². The second-order valence-corrected chi connectivity index (χ2v) is 4.39. The molecule has 21 heavy (non-hydrogen) atoms. The number of carbonyl (C=O) groups is 1. The molecule has 0 saturated heterocycles. The summed E-state index contributed by atoms with van der Waals surface area (Å²) in [5.74, 6) is -0.0879. The van der Waals surface area contributed by atoms with Crippen molar-refractivity contribution in [2.24, 2.45) is 0 Å². The number of amides is 1. The summed E-state index contributed by atoms with van der Waals surface area (Å²) in [6.07, 6.45) is 5.14. The lowest BCUT2D eigenvalue weighted by molar-refractivity contribution is -0.115. The van der Waals surface area contributed by atoms with Gasteiger partial charge in [-0.15, -0.1) is 5.10 Å². The molecule has 3 aromatic rings. The topological polar surface area (TPSA) is 85.6 Å². The lowest BCUT2D eigenvalue weighted by Gasteiger charge is -2.07. The van der Waals surface area contributed by atoms with Gasteiger partial charge in [0, 0.05) is 18.1 Å². The van der Waals surface area contributed by atoms with Gasteiger partial charge in [0.15, 0.2) is 0 Å². The summed E-state index contributed by atoms with van der Waals surface area (Å²) in [5, 5.41) is 13.8. The predicted octanol–water partition coefficient (Wildman–Crippen LogP) is 1.24. The van der Waals surface area contributed by atoms with E-state index < -0.39 is 0 Å². The molecule has 0 unspecified atom stereocenters. The van der Waals surface area contributed by atoms with Gasteiger partial charge in [0.2, 0.25) is 5.91 Å². The molecular weight excluding hydrogens is 268 g/mol. The van der Waals surface area contributed by atoms with Crippen LogP contribution in [0.25, 0.3) is 5.69 Å². The van der Waals surface area contributed by atoms with Crippen molar-refractivity contribution in [2.45, 2.75) is 6.42 Å². The van der Waals surface area contributed by atoms with Gasteiger partial charge in [-0.05, 0) is 46.3 Å². The maximum absolute atomic E-state index is 12.0. The van der Waals surface area contributed by atoms with Crippen molar-refractivity contribution in [1.82, 2.24) is 25.2 Å². The number of carbonyl (C=O) groups excluding carboxylic acids is 1. The number of nitrogens with one attached hydrogen (secondary N) is 1. The minimum absolute atomic E-state index is 0.0879. The average molecular weight is 280 g/mol. The Kier molecular flexibility index (Phi) is 3.64. The zero-order chi connectivity index (χ0) is 14.5. The molecule has 0 aliphatic heterocycles. The highest BCUT2D eigenvalue weighted by atomic mass is 16.1. The zero-order valence-electron chi connectivity index (χ0n) is 11.0. The molecule has 2 heterocycles. The van der Waals surface area contributed by atoms with E-state index >= 15 is 0 Å². The first-order chi connectivity index (χ1) is 10.3. The molecule has 0 saturated carbocycles. The normalized spacial score (nSPS) is 10.3. The molecule has 7 nitrogen and oxygen atoms in total. The highest BCUT2D eigenvalue weighted by molar-refractivity contribution is 5.92. The Morgan fingerprint density at radius 3 is 2.81 bits per heavy atom. The molecule has 0 spiro atoms. The van der Waals surface area contributed by atoms with E-state index in [4.69, 9.17) is 0 Å². The largest absolute Gasteiger partial charge is 0.326 e. The third-order valence-corrected chi connectivity index (χ3v) is 2.86. The van der Waals surface area contributed by atoms with Crippen molar-refractivity contribution in [1.29, 1.82) is 0 Å². The van der Waals surface area contributed by atoms with E-state index in [1.165, 1.54) is 11.0 Å². The fourth-order valence-electron chi connectivity index (χ4n) is 1.90. The van der Waals surface area contributed by atoms with Crippen molar-refractivity contribution < 1.29 is 4.79 Å². The third kappa shape index (κ3) is 3.27. The Labute approximate surface area is 120 Å². The van der Waals surface area contributed by atoms with Gasteiger partial charge in [-0.25, -0.2) is 4.68 Å². The number of hydrogen-bond donors (Lipinski definition) is 1. The molecule has 0 bridgehead atoms. The fraction of sp³-hybridized carbons (Fsp3) is 0.0714. The van der Waals surface area contributed by atoms with E-state index in [-0.39, 0.29) is 5.91 Å². The Bertz CT molecular complexity index is 726. The Balaban J connectivity index is 1.70. The van der Waals surface area contributed by atoms with E-state index in [0.717, 1.165) is 11.3 Å². The molecule has 1 amide bonds. The van der Waals surface area contributed by atoms with Crippen LogP contribution in [-0.2, 0) is 11.2 Å². The highest BCUT2D eigenvalue weighted by Crippen LogP contribution is 2.13. The first kappa shape index (κ1) is 12.9. The fourth-order valence-corrected chi connectivity index (χ4v) is 1.90. The van der Waals surface area contributed by atoms with E-state index in [1.807, 2.05) is 30.3 Å². The van der Waals surface area contributed by atoms with Crippen molar-refractivity contribution >= 4 is 11.6 Å². The highest BCUT2D eigenvalue weighted by Gasteiger charge is 2.05. The molecule has 2 aromatic heterocycles. The Hall–Kier alpha value is -3.09. The molecule has 3 rings (SSSR count). The quantitative estimate of drug-likeness (QED) is 0.777. The lowest BCUT2D eigenvalue weighted by atomic mass is 10.2. The summed E-state index contributed by atoms with van der Waals surface area (Å²) in [5.41, 5.74) is 2.39. The number of nitrogens with zero attached hydrogens (tertiary/aromatic N) is 5. The molecular formula is C14H12N6O. The molecule has 0 radical (unpaired) electrons. The summed E-state index contributed by atoms with van der Waals surface area (Å²) in [4.78, 5) is 15.9.